The van der Waals surface area contributed by atoms with E-state index >= 15 is 0 Å². The number of hydrogen-bond acceptors (Lipinski definition) is 3. The Morgan fingerprint density at radius 1 is 1.23 bits per heavy atom. The van der Waals surface area contributed by atoms with E-state index in [-0.39, 0.29) is 6.10 Å². The first-order valence-electron chi connectivity index (χ1n) is 8.45. The van der Waals surface area contributed by atoms with Crippen molar-refractivity contribution in [2.24, 2.45) is 17.8 Å². The molecule has 4 atom stereocenters. The molecule has 0 radical (unpaired) electrons. The zero-order chi connectivity index (χ0) is 16.2. The molecule has 4 heteroatoms. The summed E-state index contributed by atoms with van der Waals surface area (Å²) in [6, 6.07) is 9.36. The Hall–Kier alpha value is -0.630. The topological polar surface area (TPSA) is 35.5 Å². The van der Waals surface area contributed by atoms with Crippen LogP contribution in [0.5, 0.6) is 0 Å². The van der Waals surface area contributed by atoms with Gasteiger partial charge in [-0.15, -0.1) is 0 Å². The van der Waals surface area contributed by atoms with Gasteiger partial charge in [-0.25, -0.2) is 0 Å². The van der Waals surface area contributed by atoms with Crippen molar-refractivity contribution >= 4 is 12.9 Å². The van der Waals surface area contributed by atoms with Crippen LogP contribution in [0.4, 0.5) is 0 Å². The van der Waals surface area contributed by atoms with E-state index in [0.29, 0.717) is 29.7 Å². The first kappa shape index (κ1) is 17.7. The summed E-state index contributed by atoms with van der Waals surface area (Å²) in [4.78, 5) is 0. The van der Waals surface area contributed by atoms with Crippen LogP contribution in [0, 0.1) is 17.8 Å². The van der Waals surface area contributed by atoms with Gasteiger partial charge in [0.25, 0.3) is 0 Å². The normalized spacial score (nSPS) is 28.5. The zero-order valence-electron chi connectivity index (χ0n) is 14.2. The average molecular weight is 324 g/mol. The number of rotatable bonds is 6. The van der Waals surface area contributed by atoms with Crippen molar-refractivity contribution in [3.05, 3.63) is 30.3 Å². The Balaban J connectivity index is 2.24. The maximum Gasteiger partial charge on any atom is 0.361 e. The molecule has 0 amide bonds. The third-order valence-corrected chi connectivity index (χ3v) is 6.68. The lowest BCUT2D eigenvalue weighted by atomic mass is 9.75. The van der Waals surface area contributed by atoms with Crippen molar-refractivity contribution in [2.45, 2.75) is 53.1 Å². The minimum Gasteiger partial charge on any atom is -0.305 e. The van der Waals surface area contributed by atoms with Gasteiger partial charge in [0, 0.05) is 0 Å². The lowest BCUT2D eigenvalue weighted by molar-refractivity contribution is 0.0349. The summed E-state index contributed by atoms with van der Waals surface area (Å²) >= 11 is 0. The van der Waals surface area contributed by atoms with Crippen LogP contribution in [0.3, 0.4) is 0 Å². The first-order valence-corrected chi connectivity index (χ1v) is 9.99. The predicted octanol–water partition coefficient (Wildman–Crippen LogP) is 5.02. The van der Waals surface area contributed by atoms with Gasteiger partial charge in [-0.1, -0.05) is 45.4 Å². The molecule has 1 saturated carbocycles. The summed E-state index contributed by atoms with van der Waals surface area (Å²) in [5.74, 6) is 1.60. The van der Waals surface area contributed by atoms with E-state index in [9.17, 15) is 4.57 Å². The van der Waals surface area contributed by atoms with Crippen molar-refractivity contribution < 1.29 is 13.6 Å². The first-order chi connectivity index (χ1) is 10.5. The predicted molar refractivity (Wildman–Crippen MR) is 91.5 cm³/mol. The molecular formula is C18H29O3P. The van der Waals surface area contributed by atoms with E-state index in [1.54, 1.807) is 0 Å². The molecule has 1 aromatic rings. The van der Waals surface area contributed by atoms with Crippen LogP contribution in [0.2, 0.25) is 0 Å². The molecule has 0 spiro atoms. The second kappa shape index (κ2) is 7.77. The molecule has 0 aliphatic heterocycles. The van der Waals surface area contributed by atoms with Gasteiger partial charge in [0.2, 0.25) is 0 Å². The van der Waals surface area contributed by atoms with Gasteiger partial charge >= 0.3 is 7.60 Å². The smallest absolute Gasteiger partial charge is 0.305 e. The Morgan fingerprint density at radius 2 is 1.91 bits per heavy atom. The van der Waals surface area contributed by atoms with Crippen molar-refractivity contribution in [3.63, 3.8) is 0 Å². The van der Waals surface area contributed by atoms with Crippen LogP contribution in [-0.4, -0.2) is 12.7 Å². The van der Waals surface area contributed by atoms with Gasteiger partial charge in [-0.05, 0) is 49.7 Å². The molecule has 0 bridgehead atoms. The fourth-order valence-electron chi connectivity index (χ4n) is 3.36. The molecule has 0 heterocycles. The highest BCUT2D eigenvalue weighted by atomic mass is 31.2. The summed E-state index contributed by atoms with van der Waals surface area (Å²) in [5, 5.41) is 0.664. The van der Waals surface area contributed by atoms with Crippen molar-refractivity contribution in [2.75, 3.05) is 6.61 Å². The molecule has 2 rings (SSSR count). The van der Waals surface area contributed by atoms with Crippen LogP contribution in [0.15, 0.2) is 30.3 Å². The maximum atomic E-state index is 13.3. The molecule has 0 N–H and O–H groups in total. The van der Waals surface area contributed by atoms with Crippen molar-refractivity contribution in [1.29, 1.82) is 0 Å². The van der Waals surface area contributed by atoms with Crippen LogP contribution < -0.4 is 5.30 Å². The van der Waals surface area contributed by atoms with Crippen molar-refractivity contribution in [3.8, 4) is 0 Å². The van der Waals surface area contributed by atoms with Gasteiger partial charge in [-0.2, -0.15) is 0 Å². The summed E-state index contributed by atoms with van der Waals surface area (Å²) in [5.41, 5.74) is 0. The zero-order valence-corrected chi connectivity index (χ0v) is 15.1. The third-order valence-electron chi connectivity index (χ3n) is 4.61. The lowest BCUT2D eigenvalue weighted by Gasteiger charge is -2.38. The van der Waals surface area contributed by atoms with E-state index in [1.807, 2.05) is 37.3 Å². The largest absolute Gasteiger partial charge is 0.361 e. The molecule has 3 nitrogen and oxygen atoms in total. The highest BCUT2D eigenvalue weighted by Gasteiger charge is 2.38. The van der Waals surface area contributed by atoms with E-state index in [0.717, 1.165) is 12.8 Å². The van der Waals surface area contributed by atoms with E-state index in [4.69, 9.17) is 9.05 Å². The molecule has 124 valence electrons. The minimum absolute atomic E-state index is 0.0151. The SMILES string of the molecule is CCO[P@](=O)(O[C@@H]1C[C@H](C)CC[C@H]1C(C)C)c1ccccc1. The third kappa shape index (κ3) is 4.22. The van der Waals surface area contributed by atoms with Gasteiger partial charge in [0.15, 0.2) is 0 Å². The summed E-state index contributed by atoms with van der Waals surface area (Å²) in [6.45, 7) is 8.96. The van der Waals surface area contributed by atoms with Crippen molar-refractivity contribution in [1.82, 2.24) is 0 Å². The monoisotopic (exact) mass is 324 g/mol. The molecule has 1 fully saturated rings. The molecular weight excluding hydrogens is 295 g/mol. The molecule has 22 heavy (non-hydrogen) atoms. The molecule has 0 unspecified atom stereocenters. The van der Waals surface area contributed by atoms with E-state index in [2.05, 4.69) is 20.8 Å². The minimum atomic E-state index is -3.24. The van der Waals surface area contributed by atoms with E-state index < -0.39 is 7.60 Å². The quantitative estimate of drug-likeness (QED) is 0.689. The van der Waals surface area contributed by atoms with Crippen LogP contribution in [0.25, 0.3) is 0 Å². The van der Waals surface area contributed by atoms with Gasteiger partial charge in [-0.3, -0.25) is 4.57 Å². The Kier molecular flexibility index (Phi) is 6.26. The molecule has 1 aromatic carbocycles. The maximum absolute atomic E-state index is 13.3. The second-order valence-corrected chi connectivity index (χ2v) is 8.70. The molecule has 1 aliphatic rings. The number of hydrogen-bond donors (Lipinski definition) is 0. The summed E-state index contributed by atoms with van der Waals surface area (Å²) < 4.78 is 25.1. The average Bonchev–Trinajstić information content (AvgIpc) is 2.48. The second-order valence-electron chi connectivity index (χ2n) is 6.72. The summed E-state index contributed by atoms with van der Waals surface area (Å²) in [6.07, 6.45) is 3.35. The highest BCUT2D eigenvalue weighted by molar-refractivity contribution is 7.62. The standard InChI is InChI=1S/C18H29O3P/c1-5-20-22(19,16-9-7-6-8-10-16)21-18-13-15(4)11-12-17(18)14(2)3/h6-10,14-15,17-18H,5,11-13H2,1-4H3/t15-,17+,18-,22+/m1/s1. The lowest BCUT2D eigenvalue weighted by Crippen LogP contribution is -2.34. The van der Waals surface area contributed by atoms with E-state index in [1.165, 1.54) is 6.42 Å². The van der Waals surface area contributed by atoms with Gasteiger partial charge in [0.1, 0.15) is 0 Å². The highest BCUT2D eigenvalue weighted by Crippen LogP contribution is 2.51. The fourth-order valence-corrected chi connectivity index (χ4v) is 5.17. The Labute approximate surface area is 134 Å². The Morgan fingerprint density at radius 3 is 2.50 bits per heavy atom. The Bertz CT molecular complexity index is 500. The fraction of sp³-hybridized carbons (Fsp3) is 0.667. The molecule has 1 aliphatic carbocycles. The summed E-state index contributed by atoms with van der Waals surface area (Å²) in [7, 11) is -3.24. The van der Waals surface area contributed by atoms with Gasteiger partial charge in [0.05, 0.1) is 18.0 Å². The molecule has 0 aromatic heterocycles. The van der Waals surface area contributed by atoms with Crippen LogP contribution >= 0.6 is 7.60 Å². The van der Waals surface area contributed by atoms with Crippen LogP contribution in [0.1, 0.15) is 47.0 Å². The molecule has 0 saturated heterocycles. The number of benzene rings is 1. The van der Waals surface area contributed by atoms with Crippen LogP contribution in [-0.2, 0) is 13.6 Å². The van der Waals surface area contributed by atoms with Gasteiger partial charge < -0.3 is 9.05 Å².